The maximum atomic E-state index is 13.4. The van der Waals surface area contributed by atoms with Crippen LogP contribution < -0.4 is 10.6 Å². The van der Waals surface area contributed by atoms with Crippen LogP contribution in [0.1, 0.15) is 27.0 Å². The van der Waals surface area contributed by atoms with Crippen molar-refractivity contribution in [3.8, 4) is 5.82 Å². The van der Waals surface area contributed by atoms with Crippen LogP contribution in [0.5, 0.6) is 0 Å². The molecule has 0 unspecified atom stereocenters. The largest absolute Gasteiger partial charge is 0.348 e. The summed E-state index contributed by atoms with van der Waals surface area (Å²) < 4.78 is 15.1. The van der Waals surface area contributed by atoms with Crippen molar-refractivity contribution in [2.75, 3.05) is 5.32 Å². The van der Waals surface area contributed by atoms with E-state index in [1.54, 1.807) is 48.3 Å². The zero-order valence-electron chi connectivity index (χ0n) is 17.6. The molecule has 4 rings (SSSR count). The molecule has 0 radical (unpaired) electrons. The lowest BCUT2D eigenvalue weighted by atomic mass is 10.2. The van der Waals surface area contributed by atoms with Gasteiger partial charge >= 0.3 is 0 Å². The molecule has 2 aromatic carbocycles. The second kappa shape index (κ2) is 9.20. The predicted molar refractivity (Wildman–Crippen MR) is 123 cm³/mol. The van der Waals surface area contributed by atoms with E-state index in [4.69, 9.17) is 11.6 Å². The highest BCUT2D eigenvalue weighted by atomic mass is 35.5. The van der Waals surface area contributed by atoms with Gasteiger partial charge in [0, 0.05) is 41.4 Å². The standard InChI is InChI=1S/C24H21ClFN5O/c1-15-10-20(26)6-7-21(15)29-24-28-12-16(2)22(30-24)31-9-8-18(14-31)23(32)27-13-17-4-3-5-19(25)11-17/h3-12,14H,13H2,1-2H3,(H,27,32)(H,28,29,30). The molecular weight excluding hydrogens is 429 g/mol. The second-order valence-electron chi connectivity index (χ2n) is 7.40. The van der Waals surface area contributed by atoms with Gasteiger partial charge in [-0.1, -0.05) is 23.7 Å². The molecule has 0 spiro atoms. The number of rotatable bonds is 6. The Labute approximate surface area is 190 Å². The number of aromatic nitrogens is 3. The van der Waals surface area contributed by atoms with E-state index in [9.17, 15) is 9.18 Å². The molecule has 0 bridgehead atoms. The van der Waals surface area contributed by atoms with Crippen LogP contribution in [0.4, 0.5) is 16.0 Å². The van der Waals surface area contributed by atoms with E-state index < -0.39 is 0 Å². The number of halogens is 2. The summed E-state index contributed by atoms with van der Waals surface area (Å²) in [6.45, 7) is 4.07. The lowest BCUT2D eigenvalue weighted by molar-refractivity contribution is 0.0951. The highest BCUT2D eigenvalue weighted by molar-refractivity contribution is 6.30. The third kappa shape index (κ3) is 4.95. The Morgan fingerprint density at radius 2 is 1.97 bits per heavy atom. The summed E-state index contributed by atoms with van der Waals surface area (Å²) in [5.74, 6) is 0.514. The van der Waals surface area contributed by atoms with Crippen LogP contribution in [0.2, 0.25) is 5.02 Å². The molecule has 4 aromatic rings. The van der Waals surface area contributed by atoms with Crippen molar-refractivity contribution >= 4 is 29.1 Å². The number of hydrogen-bond acceptors (Lipinski definition) is 4. The number of hydrogen-bond donors (Lipinski definition) is 2. The Bertz CT molecular complexity index is 1290. The maximum Gasteiger partial charge on any atom is 0.253 e. The van der Waals surface area contributed by atoms with Crippen molar-refractivity contribution in [3.05, 3.63) is 100 Å². The van der Waals surface area contributed by atoms with Crippen molar-refractivity contribution in [3.63, 3.8) is 0 Å². The molecule has 6 nitrogen and oxygen atoms in total. The molecule has 0 aliphatic heterocycles. The summed E-state index contributed by atoms with van der Waals surface area (Å²) in [7, 11) is 0. The van der Waals surface area contributed by atoms with Crippen LogP contribution in [0.15, 0.2) is 67.1 Å². The zero-order chi connectivity index (χ0) is 22.7. The van der Waals surface area contributed by atoms with Gasteiger partial charge in [0.15, 0.2) is 0 Å². The molecule has 162 valence electrons. The molecular formula is C24H21ClFN5O. The minimum atomic E-state index is -0.299. The van der Waals surface area contributed by atoms with E-state index in [0.717, 1.165) is 22.4 Å². The lowest BCUT2D eigenvalue weighted by Gasteiger charge is -2.11. The van der Waals surface area contributed by atoms with E-state index in [1.165, 1.54) is 12.1 Å². The molecule has 0 atom stereocenters. The van der Waals surface area contributed by atoms with Gasteiger partial charge in [-0.05, 0) is 61.4 Å². The zero-order valence-corrected chi connectivity index (χ0v) is 18.3. The molecule has 0 fully saturated rings. The fraction of sp³-hybridized carbons (Fsp3) is 0.125. The fourth-order valence-corrected chi connectivity index (χ4v) is 3.45. The Balaban J connectivity index is 1.50. The van der Waals surface area contributed by atoms with Gasteiger partial charge in [0.1, 0.15) is 11.6 Å². The predicted octanol–water partition coefficient (Wildman–Crippen LogP) is 5.35. The number of carbonyl (C=O) groups is 1. The van der Waals surface area contributed by atoms with Gasteiger partial charge in [0.05, 0.1) is 5.56 Å². The van der Waals surface area contributed by atoms with Crippen molar-refractivity contribution in [1.29, 1.82) is 0 Å². The Kier molecular flexibility index (Phi) is 6.18. The number of carbonyl (C=O) groups excluding carboxylic acids is 1. The molecule has 32 heavy (non-hydrogen) atoms. The molecule has 0 saturated carbocycles. The van der Waals surface area contributed by atoms with Crippen molar-refractivity contribution < 1.29 is 9.18 Å². The van der Waals surface area contributed by atoms with Gasteiger partial charge in [-0.15, -0.1) is 0 Å². The average Bonchev–Trinajstić information content (AvgIpc) is 3.25. The summed E-state index contributed by atoms with van der Waals surface area (Å²) >= 11 is 5.99. The first-order valence-corrected chi connectivity index (χ1v) is 10.3. The van der Waals surface area contributed by atoms with Crippen LogP contribution in [0.25, 0.3) is 5.82 Å². The Morgan fingerprint density at radius 1 is 1.12 bits per heavy atom. The van der Waals surface area contributed by atoms with Crippen LogP contribution in [0.3, 0.4) is 0 Å². The lowest BCUT2D eigenvalue weighted by Crippen LogP contribution is -2.22. The van der Waals surface area contributed by atoms with E-state index in [0.29, 0.717) is 28.9 Å². The van der Waals surface area contributed by atoms with Gasteiger partial charge in [0.25, 0.3) is 5.91 Å². The SMILES string of the molecule is Cc1cc(F)ccc1Nc1ncc(C)c(-n2ccc(C(=O)NCc3cccc(Cl)c3)c2)n1. The van der Waals surface area contributed by atoms with E-state index in [2.05, 4.69) is 20.6 Å². The third-order valence-electron chi connectivity index (χ3n) is 4.92. The summed E-state index contributed by atoms with van der Waals surface area (Å²) in [6.07, 6.45) is 5.19. The first-order chi connectivity index (χ1) is 15.4. The smallest absolute Gasteiger partial charge is 0.253 e. The van der Waals surface area contributed by atoms with Crippen LogP contribution >= 0.6 is 11.6 Å². The summed E-state index contributed by atoms with van der Waals surface area (Å²) in [5, 5.41) is 6.63. The quantitative estimate of drug-likeness (QED) is 0.416. The second-order valence-corrected chi connectivity index (χ2v) is 7.84. The molecule has 2 heterocycles. The number of nitrogens with one attached hydrogen (secondary N) is 2. The molecule has 0 aliphatic rings. The maximum absolute atomic E-state index is 13.4. The first kappa shape index (κ1) is 21.5. The summed E-state index contributed by atoms with van der Waals surface area (Å²) in [4.78, 5) is 21.5. The minimum absolute atomic E-state index is 0.198. The van der Waals surface area contributed by atoms with Crippen molar-refractivity contribution in [2.45, 2.75) is 20.4 Å². The first-order valence-electron chi connectivity index (χ1n) is 9.97. The van der Waals surface area contributed by atoms with Gasteiger partial charge in [-0.25, -0.2) is 9.37 Å². The topological polar surface area (TPSA) is 71.8 Å². The Hall–Kier alpha value is -3.71. The molecule has 2 aromatic heterocycles. The molecule has 2 N–H and O–H groups in total. The Morgan fingerprint density at radius 3 is 2.75 bits per heavy atom. The summed E-state index contributed by atoms with van der Waals surface area (Å²) in [6, 6.07) is 13.5. The molecule has 0 aliphatic carbocycles. The van der Waals surface area contributed by atoms with Crippen LogP contribution in [-0.2, 0) is 6.54 Å². The number of aryl methyl sites for hydroxylation is 2. The van der Waals surface area contributed by atoms with Crippen molar-refractivity contribution in [2.24, 2.45) is 0 Å². The monoisotopic (exact) mass is 449 g/mol. The van der Waals surface area contributed by atoms with Crippen LogP contribution in [-0.4, -0.2) is 20.4 Å². The van der Waals surface area contributed by atoms with Crippen LogP contribution in [0, 0.1) is 19.7 Å². The average molecular weight is 450 g/mol. The number of nitrogens with zero attached hydrogens (tertiary/aromatic N) is 3. The number of amides is 1. The highest BCUT2D eigenvalue weighted by Gasteiger charge is 2.12. The number of benzene rings is 2. The fourth-order valence-electron chi connectivity index (χ4n) is 3.24. The van der Waals surface area contributed by atoms with E-state index in [-0.39, 0.29) is 11.7 Å². The molecule has 1 amide bonds. The van der Waals surface area contributed by atoms with Gasteiger partial charge in [0.2, 0.25) is 5.95 Å². The molecule has 0 saturated heterocycles. The van der Waals surface area contributed by atoms with Gasteiger partial charge < -0.3 is 15.2 Å². The third-order valence-corrected chi connectivity index (χ3v) is 5.16. The van der Waals surface area contributed by atoms with Gasteiger partial charge in [-0.2, -0.15) is 4.98 Å². The molecule has 8 heteroatoms. The minimum Gasteiger partial charge on any atom is -0.348 e. The highest BCUT2D eigenvalue weighted by Crippen LogP contribution is 2.21. The van der Waals surface area contributed by atoms with Crippen molar-refractivity contribution in [1.82, 2.24) is 19.9 Å². The normalized spacial score (nSPS) is 10.8. The van der Waals surface area contributed by atoms with Gasteiger partial charge in [-0.3, -0.25) is 4.79 Å². The number of anilines is 2. The van der Waals surface area contributed by atoms with E-state index in [1.807, 2.05) is 25.1 Å². The summed E-state index contributed by atoms with van der Waals surface area (Å²) in [5.41, 5.74) is 3.73. The van der Waals surface area contributed by atoms with E-state index >= 15 is 0 Å².